The Morgan fingerprint density at radius 3 is 3.11 bits per heavy atom. The summed E-state index contributed by atoms with van der Waals surface area (Å²) in [7, 11) is 0. The van der Waals surface area contributed by atoms with Crippen LogP contribution in [0.4, 0.5) is 0 Å². The number of nitrogens with one attached hydrogen (secondary N) is 1. The lowest BCUT2D eigenvalue weighted by Gasteiger charge is -2.32. The van der Waals surface area contributed by atoms with E-state index in [0.29, 0.717) is 19.6 Å². The summed E-state index contributed by atoms with van der Waals surface area (Å²) in [5, 5.41) is 21.8. The Morgan fingerprint density at radius 1 is 1.61 bits per heavy atom. The number of hydrogen-bond donors (Lipinski definition) is 2. The van der Waals surface area contributed by atoms with E-state index in [1.54, 1.807) is 12.1 Å². The Bertz CT molecular complexity index is 513. The van der Waals surface area contributed by atoms with Crippen molar-refractivity contribution in [3.05, 3.63) is 27.3 Å². The van der Waals surface area contributed by atoms with Crippen molar-refractivity contribution in [3.8, 4) is 11.8 Å². The van der Waals surface area contributed by atoms with Crippen LogP contribution in [0.15, 0.2) is 18.2 Å². The Hall–Kier alpha value is -1.33. The van der Waals surface area contributed by atoms with Gasteiger partial charge in [-0.1, -0.05) is 0 Å². The molecule has 18 heavy (non-hydrogen) atoms. The molecule has 0 spiro atoms. The molecule has 0 aliphatic carbocycles. The smallest absolute Gasteiger partial charge is 0.258 e. The number of halogens is 1. The van der Waals surface area contributed by atoms with E-state index in [2.05, 4.69) is 34.0 Å². The number of phenols is 1. The van der Waals surface area contributed by atoms with Gasteiger partial charge in [-0.3, -0.25) is 4.79 Å². The predicted octanol–water partition coefficient (Wildman–Crippen LogP) is 0.934. The zero-order chi connectivity index (χ0) is 13.1. The molecule has 1 fully saturated rings. The van der Waals surface area contributed by atoms with E-state index in [4.69, 9.17) is 5.26 Å². The molecule has 2 rings (SSSR count). The maximum absolute atomic E-state index is 12.3. The Morgan fingerprint density at radius 2 is 2.39 bits per heavy atom. The number of amides is 1. The largest absolute Gasteiger partial charge is 0.507 e. The van der Waals surface area contributed by atoms with E-state index in [-0.39, 0.29) is 17.2 Å². The lowest BCUT2D eigenvalue weighted by Crippen LogP contribution is -2.53. The standard InChI is InChI=1S/C12H12IN3O2/c13-8-1-2-11(17)10(5-8)12(18)16-4-3-15-7-9(16)6-14/h1-2,5,9,15,17H,3-4,7H2. The molecule has 0 bridgehead atoms. The molecule has 1 heterocycles. The van der Waals surface area contributed by atoms with Crippen LogP contribution in [0.25, 0.3) is 0 Å². The third kappa shape index (κ3) is 2.57. The second-order valence-corrected chi connectivity index (χ2v) is 5.25. The van der Waals surface area contributed by atoms with Crippen LogP contribution >= 0.6 is 22.6 Å². The van der Waals surface area contributed by atoms with E-state index < -0.39 is 6.04 Å². The zero-order valence-corrected chi connectivity index (χ0v) is 11.7. The fourth-order valence-electron chi connectivity index (χ4n) is 1.90. The van der Waals surface area contributed by atoms with Gasteiger partial charge in [-0.05, 0) is 40.8 Å². The molecular weight excluding hydrogens is 345 g/mol. The molecule has 94 valence electrons. The first-order valence-electron chi connectivity index (χ1n) is 5.53. The second-order valence-electron chi connectivity index (χ2n) is 4.01. The van der Waals surface area contributed by atoms with E-state index in [9.17, 15) is 9.90 Å². The van der Waals surface area contributed by atoms with Crippen molar-refractivity contribution in [3.63, 3.8) is 0 Å². The third-order valence-electron chi connectivity index (χ3n) is 2.84. The number of rotatable bonds is 1. The van der Waals surface area contributed by atoms with Gasteiger partial charge in [0.25, 0.3) is 5.91 Å². The first kappa shape index (κ1) is 13.1. The Labute approximate surface area is 119 Å². The Kier molecular flexibility index (Phi) is 4.04. The minimum absolute atomic E-state index is 0.0457. The monoisotopic (exact) mass is 357 g/mol. The first-order chi connectivity index (χ1) is 8.63. The fourth-order valence-corrected chi connectivity index (χ4v) is 2.39. The van der Waals surface area contributed by atoms with Crippen LogP contribution in [0.2, 0.25) is 0 Å². The van der Waals surface area contributed by atoms with E-state index in [0.717, 1.165) is 3.57 Å². The molecule has 5 nitrogen and oxygen atoms in total. The average molecular weight is 357 g/mol. The molecule has 1 aromatic rings. The highest BCUT2D eigenvalue weighted by molar-refractivity contribution is 14.1. The number of nitriles is 1. The number of piperazine rings is 1. The summed E-state index contributed by atoms with van der Waals surface area (Å²) in [6.07, 6.45) is 0. The predicted molar refractivity (Wildman–Crippen MR) is 74.1 cm³/mol. The highest BCUT2D eigenvalue weighted by atomic mass is 127. The summed E-state index contributed by atoms with van der Waals surface area (Å²) in [6.45, 7) is 1.60. The van der Waals surface area contributed by atoms with Crippen molar-refractivity contribution in [1.82, 2.24) is 10.2 Å². The van der Waals surface area contributed by atoms with Gasteiger partial charge in [0, 0.05) is 23.2 Å². The number of benzene rings is 1. The molecule has 1 aromatic carbocycles. The van der Waals surface area contributed by atoms with Crippen LogP contribution in [0.3, 0.4) is 0 Å². The minimum Gasteiger partial charge on any atom is -0.507 e. The van der Waals surface area contributed by atoms with Crippen LogP contribution in [-0.2, 0) is 0 Å². The summed E-state index contributed by atoms with van der Waals surface area (Å²) < 4.78 is 0.873. The summed E-state index contributed by atoms with van der Waals surface area (Å²) in [5.41, 5.74) is 0.254. The third-order valence-corrected chi connectivity index (χ3v) is 3.51. The fraction of sp³-hybridized carbons (Fsp3) is 0.333. The van der Waals surface area contributed by atoms with Gasteiger partial charge in [-0.15, -0.1) is 0 Å². The molecule has 1 atom stereocenters. The molecule has 1 aliphatic heterocycles. The van der Waals surface area contributed by atoms with Gasteiger partial charge in [0.15, 0.2) is 0 Å². The van der Waals surface area contributed by atoms with Crippen molar-refractivity contribution in [2.75, 3.05) is 19.6 Å². The van der Waals surface area contributed by atoms with Gasteiger partial charge < -0.3 is 15.3 Å². The van der Waals surface area contributed by atoms with Crippen LogP contribution in [0, 0.1) is 14.9 Å². The van der Waals surface area contributed by atoms with Gasteiger partial charge in [-0.2, -0.15) is 5.26 Å². The summed E-state index contributed by atoms with van der Waals surface area (Å²) in [5.74, 6) is -0.338. The van der Waals surface area contributed by atoms with Crippen molar-refractivity contribution < 1.29 is 9.90 Å². The van der Waals surface area contributed by atoms with Gasteiger partial charge >= 0.3 is 0 Å². The number of phenolic OH excluding ortho intramolecular Hbond substituents is 1. The number of hydrogen-bond acceptors (Lipinski definition) is 4. The van der Waals surface area contributed by atoms with E-state index in [1.807, 2.05) is 0 Å². The number of carbonyl (C=O) groups is 1. The normalized spacial score (nSPS) is 19.3. The molecule has 2 N–H and O–H groups in total. The second kappa shape index (κ2) is 5.54. The van der Waals surface area contributed by atoms with Crippen molar-refractivity contribution in [2.45, 2.75) is 6.04 Å². The molecule has 0 saturated carbocycles. The molecule has 0 aromatic heterocycles. The molecule has 1 unspecified atom stereocenters. The lowest BCUT2D eigenvalue weighted by atomic mass is 10.1. The van der Waals surface area contributed by atoms with Crippen molar-refractivity contribution in [1.29, 1.82) is 5.26 Å². The Balaban J connectivity index is 2.30. The summed E-state index contributed by atoms with van der Waals surface area (Å²) in [4.78, 5) is 13.8. The van der Waals surface area contributed by atoms with Crippen LogP contribution in [0.5, 0.6) is 5.75 Å². The number of aromatic hydroxyl groups is 1. The number of carbonyl (C=O) groups excluding carboxylic acids is 1. The van der Waals surface area contributed by atoms with Crippen LogP contribution in [0.1, 0.15) is 10.4 Å². The highest BCUT2D eigenvalue weighted by Crippen LogP contribution is 2.22. The SMILES string of the molecule is N#CC1CNCCN1C(=O)c1cc(I)ccc1O. The molecule has 1 aliphatic rings. The van der Waals surface area contributed by atoms with E-state index in [1.165, 1.54) is 11.0 Å². The molecule has 1 saturated heterocycles. The molecule has 6 heteroatoms. The van der Waals surface area contributed by atoms with Gasteiger partial charge in [0.05, 0.1) is 11.6 Å². The quantitative estimate of drug-likeness (QED) is 0.734. The maximum atomic E-state index is 12.3. The van der Waals surface area contributed by atoms with Crippen LogP contribution in [-0.4, -0.2) is 41.6 Å². The maximum Gasteiger partial charge on any atom is 0.258 e. The lowest BCUT2D eigenvalue weighted by molar-refractivity contribution is 0.0684. The number of nitrogens with zero attached hydrogens (tertiary/aromatic N) is 2. The average Bonchev–Trinajstić information content (AvgIpc) is 2.40. The van der Waals surface area contributed by atoms with Gasteiger partial charge in [-0.25, -0.2) is 0 Å². The molecule has 1 amide bonds. The van der Waals surface area contributed by atoms with Crippen molar-refractivity contribution >= 4 is 28.5 Å². The first-order valence-corrected chi connectivity index (χ1v) is 6.61. The van der Waals surface area contributed by atoms with E-state index >= 15 is 0 Å². The summed E-state index contributed by atoms with van der Waals surface area (Å²) in [6, 6.07) is 6.48. The minimum atomic E-state index is -0.483. The van der Waals surface area contributed by atoms with Gasteiger partial charge in [0.2, 0.25) is 0 Å². The zero-order valence-electron chi connectivity index (χ0n) is 9.56. The topological polar surface area (TPSA) is 76.4 Å². The van der Waals surface area contributed by atoms with Crippen molar-refractivity contribution in [2.24, 2.45) is 0 Å². The molecule has 0 radical (unpaired) electrons. The summed E-state index contributed by atoms with van der Waals surface area (Å²) >= 11 is 2.08. The highest BCUT2D eigenvalue weighted by Gasteiger charge is 2.28. The molecular formula is C12H12IN3O2. The van der Waals surface area contributed by atoms with Crippen LogP contribution < -0.4 is 5.32 Å². The van der Waals surface area contributed by atoms with Gasteiger partial charge in [0.1, 0.15) is 11.8 Å².